The van der Waals surface area contributed by atoms with Gasteiger partial charge >= 0.3 is 5.97 Å². The van der Waals surface area contributed by atoms with Gasteiger partial charge in [0.1, 0.15) is 6.04 Å². The highest BCUT2D eigenvalue weighted by atomic mass is 32.1. The lowest BCUT2D eigenvalue weighted by atomic mass is 10.0. The fraction of sp³-hybridized carbons (Fsp3) is 0.200. The summed E-state index contributed by atoms with van der Waals surface area (Å²) in [5, 5.41) is 1.93. The number of hydrogen-bond acceptors (Lipinski definition) is 7. The molecule has 0 fully saturated rings. The van der Waals surface area contributed by atoms with Gasteiger partial charge in [0.05, 0.1) is 22.4 Å². The average Bonchev–Trinajstić information content (AvgIpc) is 3.31. The van der Waals surface area contributed by atoms with E-state index >= 15 is 0 Å². The predicted octanol–water partition coefficient (Wildman–Crippen LogP) is 2.25. The van der Waals surface area contributed by atoms with Gasteiger partial charge < -0.3 is 4.74 Å². The van der Waals surface area contributed by atoms with Crippen LogP contribution in [0.1, 0.15) is 30.3 Å². The Balaban J connectivity index is 1.95. The van der Waals surface area contributed by atoms with Crippen molar-refractivity contribution in [1.82, 2.24) is 9.55 Å². The first kappa shape index (κ1) is 18.5. The van der Waals surface area contributed by atoms with Crippen LogP contribution in [0.3, 0.4) is 0 Å². The van der Waals surface area contributed by atoms with Crippen molar-refractivity contribution in [2.45, 2.75) is 19.9 Å². The molecule has 142 valence electrons. The number of fused-ring (bicyclic) bond motifs is 1. The summed E-state index contributed by atoms with van der Waals surface area (Å²) >= 11 is 2.81. The highest BCUT2D eigenvalue weighted by Crippen LogP contribution is 2.33. The summed E-state index contributed by atoms with van der Waals surface area (Å²) < 4.78 is 7.42. The Labute approximate surface area is 168 Å². The van der Waals surface area contributed by atoms with Gasteiger partial charge in [0.2, 0.25) is 0 Å². The fourth-order valence-corrected chi connectivity index (χ4v) is 4.99. The van der Waals surface area contributed by atoms with Gasteiger partial charge in [0.25, 0.3) is 5.56 Å². The second kappa shape index (κ2) is 7.65. The van der Waals surface area contributed by atoms with Crippen molar-refractivity contribution in [2.75, 3.05) is 6.61 Å². The number of thiazole rings is 1. The van der Waals surface area contributed by atoms with Crippen molar-refractivity contribution in [3.05, 3.63) is 83.4 Å². The fourth-order valence-electron chi connectivity index (χ4n) is 3.12. The zero-order valence-corrected chi connectivity index (χ0v) is 16.9. The lowest BCUT2D eigenvalue weighted by Crippen LogP contribution is -2.39. The molecule has 1 aliphatic rings. The van der Waals surface area contributed by atoms with Gasteiger partial charge in [-0.25, -0.2) is 9.79 Å². The molecule has 1 aliphatic heterocycles. The third-order valence-corrected chi connectivity index (χ3v) is 6.24. The van der Waals surface area contributed by atoms with Crippen molar-refractivity contribution < 1.29 is 9.53 Å². The summed E-state index contributed by atoms with van der Waals surface area (Å²) in [4.78, 5) is 35.9. The van der Waals surface area contributed by atoms with Crippen LogP contribution in [-0.4, -0.2) is 22.1 Å². The van der Waals surface area contributed by atoms with Crippen molar-refractivity contribution in [2.24, 2.45) is 4.99 Å². The monoisotopic (exact) mass is 411 g/mol. The van der Waals surface area contributed by atoms with E-state index in [2.05, 4.69) is 9.98 Å². The molecule has 8 heteroatoms. The number of thiophene rings is 1. The molecule has 28 heavy (non-hydrogen) atoms. The van der Waals surface area contributed by atoms with Crippen LogP contribution in [-0.2, 0) is 9.53 Å². The van der Waals surface area contributed by atoms with Crippen LogP contribution in [0.4, 0.5) is 0 Å². The summed E-state index contributed by atoms with van der Waals surface area (Å²) in [5.74, 6) is -0.439. The summed E-state index contributed by atoms with van der Waals surface area (Å²) in [6.45, 7) is 3.81. The molecule has 4 heterocycles. The third-order valence-electron chi connectivity index (χ3n) is 4.33. The normalized spacial score (nSPS) is 16.6. The predicted molar refractivity (Wildman–Crippen MR) is 109 cm³/mol. The second-order valence-corrected chi connectivity index (χ2v) is 8.09. The Kier molecular flexibility index (Phi) is 5.06. The van der Waals surface area contributed by atoms with Gasteiger partial charge in [0.15, 0.2) is 4.80 Å². The van der Waals surface area contributed by atoms with E-state index in [1.165, 1.54) is 22.7 Å². The molecule has 6 nitrogen and oxygen atoms in total. The molecular formula is C20H17N3O3S2. The topological polar surface area (TPSA) is 73.6 Å². The standard InChI is InChI=1S/C20H17N3O3S2/c1-3-26-19(25)16-12(2)22-20-23(17(16)14-5-4-10-27-14)18(24)15(28-20)11-13-6-8-21-9-7-13/h4-11,17H,3H2,1-2H3/b15-11-/t17-/m1/s1. The molecule has 4 rings (SSSR count). The van der Waals surface area contributed by atoms with E-state index in [0.717, 1.165) is 10.4 Å². The number of esters is 1. The molecule has 0 saturated carbocycles. The van der Waals surface area contributed by atoms with E-state index < -0.39 is 12.0 Å². The van der Waals surface area contributed by atoms with Crippen LogP contribution in [0.5, 0.6) is 0 Å². The summed E-state index contributed by atoms with van der Waals surface area (Å²) in [6.07, 6.45) is 5.18. The summed E-state index contributed by atoms with van der Waals surface area (Å²) in [7, 11) is 0. The lowest BCUT2D eigenvalue weighted by molar-refractivity contribution is -0.139. The number of hydrogen-bond donors (Lipinski definition) is 0. The van der Waals surface area contributed by atoms with E-state index in [-0.39, 0.29) is 12.2 Å². The number of aromatic nitrogens is 2. The van der Waals surface area contributed by atoms with Gasteiger partial charge in [-0.05, 0) is 49.1 Å². The molecule has 1 atom stereocenters. The van der Waals surface area contributed by atoms with Crippen LogP contribution in [0.25, 0.3) is 6.08 Å². The third kappa shape index (κ3) is 3.25. The van der Waals surface area contributed by atoms with Crippen molar-refractivity contribution in [3.63, 3.8) is 0 Å². The minimum atomic E-state index is -0.533. The highest BCUT2D eigenvalue weighted by molar-refractivity contribution is 7.10. The molecular weight excluding hydrogens is 394 g/mol. The van der Waals surface area contributed by atoms with Crippen molar-refractivity contribution in [1.29, 1.82) is 0 Å². The minimum absolute atomic E-state index is 0.173. The number of nitrogens with zero attached hydrogens (tertiary/aromatic N) is 3. The molecule has 3 aromatic heterocycles. The smallest absolute Gasteiger partial charge is 0.338 e. The summed E-state index contributed by atoms with van der Waals surface area (Å²) in [6, 6.07) is 6.97. The first-order valence-electron chi connectivity index (χ1n) is 8.73. The van der Waals surface area contributed by atoms with E-state index in [1.807, 2.05) is 35.7 Å². The van der Waals surface area contributed by atoms with Crippen molar-refractivity contribution >= 4 is 34.7 Å². The summed E-state index contributed by atoms with van der Waals surface area (Å²) in [5.41, 5.74) is 1.70. The van der Waals surface area contributed by atoms with E-state index in [4.69, 9.17) is 4.74 Å². The molecule has 0 aliphatic carbocycles. The van der Waals surface area contributed by atoms with Gasteiger partial charge in [-0.15, -0.1) is 11.3 Å². The number of carbonyl (C=O) groups is 1. The highest BCUT2D eigenvalue weighted by Gasteiger charge is 2.33. The lowest BCUT2D eigenvalue weighted by Gasteiger charge is -2.23. The van der Waals surface area contributed by atoms with Crippen LogP contribution >= 0.6 is 22.7 Å². The number of pyridine rings is 1. The first-order valence-corrected chi connectivity index (χ1v) is 10.4. The maximum absolute atomic E-state index is 13.3. The molecule has 3 aromatic rings. The Morgan fingerprint density at radius 2 is 2.11 bits per heavy atom. The number of rotatable bonds is 4. The Bertz CT molecular complexity index is 1220. The van der Waals surface area contributed by atoms with E-state index in [1.54, 1.807) is 30.8 Å². The maximum Gasteiger partial charge on any atom is 0.338 e. The van der Waals surface area contributed by atoms with E-state index in [0.29, 0.717) is 20.6 Å². The SMILES string of the molecule is CCOC(=O)C1=C(C)N=c2s/c(=C\c3ccncc3)c(=O)n2[C@@H]1c1cccs1. The largest absolute Gasteiger partial charge is 0.463 e. The maximum atomic E-state index is 13.3. The zero-order chi connectivity index (χ0) is 19.7. The van der Waals surface area contributed by atoms with Gasteiger partial charge in [-0.1, -0.05) is 17.4 Å². The van der Waals surface area contributed by atoms with Crippen LogP contribution in [0.2, 0.25) is 0 Å². The molecule has 0 N–H and O–H groups in total. The van der Waals surface area contributed by atoms with Crippen LogP contribution in [0, 0.1) is 0 Å². The van der Waals surface area contributed by atoms with Crippen molar-refractivity contribution in [3.8, 4) is 0 Å². The minimum Gasteiger partial charge on any atom is -0.463 e. The van der Waals surface area contributed by atoms with Crippen LogP contribution in [0.15, 0.2) is 63.1 Å². The van der Waals surface area contributed by atoms with E-state index in [9.17, 15) is 9.59 Å². The average molecular weight is 412 g/mol. The molecule has 0 spiro atoms. The number of allylic oxidation sites excluding steroid dienone is 1. The zero-order valence-electron chi connectivity index (χ0n) is 15.3. The molecule has 0 amide bonds. The van der Waals surface area contributed by atoms with Gasteiger partial charge in [0, 0.05) is 17.3 Å². The number of carbonyl (C=O) groups excluding carboxylic acids is 1. The first-order chi connectivity index (χ1) is 13.6. The second-order valence-electron chi connectivity index (χ2n) is 6.10. The molecule has 0 unspecified atom stereocenters. The quantitative estimate of drug-likeness (QED) is 0.618. The Hall–Kier alpha value is -2.84. The number of ether oxygens (including phenoxy) is 1. The Morgan fingerprint density at radius 1 is 1.32 bits per heavy atom. The molecule has 0 radical (unpaired) electrons. The molecule has 0 saturated heterocycles. The Morgan fingerprint density at radius 3 is 2.79 bits per heavy atom. The van der Waals surface area contributed by atoms with Crippen LogP contribution < -0.4 is 14.9 Å². The van der Waals surface area contributed by atoms with Gasteiger partial charge in [-0.3, -0.25) is 14.3 Å². The van der Waals surface area contributed by atoms with Gasteiger partial charge in [-0.2, -0.15) is 0 Å². The molecule has 0 bridgehead atoms. The molecule has 0 aromatic carbocycles.